The first-order chi connectivity index (χ1) is 11.8. The zero-order valence-corrected chi connectivity index (χ0v) is 15.7. The number of benzene rings is 2. The van der Waals surface area contributed by atoms with E-state index >= 15 is 0 Å². The molecule has 2 aromatic carbocycles. The molecule has 1 atom stereocenters. The SMILES string of the molecule is CC(=O)NC(CC(=O)NCc1ccc(F)c(C)c1)c1ccc(Br)cc1. The molecule has 0 aromatic heterocycles. The number of rotatable bonds is 6. The predicted molar refractivity (Wildman–Crippen MR) is 98.3 cm³/mol. The summed E-state index contributed by atoms with van der Waals surface area (Å²) in [4.78, 5) is 23.7. The fraction of sp³-hybridized carbons (Fsp3) is 0.263. The maximum absolute atomic E-state index is 13.3. The monoisotopic (exact) mass is 406 g/mol. The average Bonchev–Trinajstić information content (AvgIpc) is 2.55. The molecular formula is C19H20BrFN2O2. The van der Waals surface area contributed by atoms with Crippen molar-refractivity contribution in [2.24, 2.45) is 0 Å². The van der Waals surface area contributed by atoms with Crippen LogP contribution in [0.3, 0.4) is 0 Å². The maximum Gasteiger partial charge on any atom is 0.222 e. The van der Waals surface area contributed by atoms with Crippen LogP contribution in [-0.2, 0) is 16.1 Å². The molecule has 0 aliphatic heterocycles. The summed E-state index contributed by atoms with van der Waals surface area (Å²) in [6.07, 6.45) is 0.126. The third kappa shape index (κ3) is 5.98. The van der Waals surface area contributed by atoms with Crippen molar-refractivity contribution in [1.29, 1.82) is 0 Å². The van der Waals surface area contributed by atoms with Crippen LogP contribution in [0.15, 0.2) is 46.9 Å². The first-order valence-electron chi connectivity index (χ1n) is 7.89. The van der Waals surface area contributed by atoms with Crippen LogP contribution in [0.5, 0.6) is 0 Å². The topological polar surface area (TPSA) is 58.2 Å². The minimum Gasteiger partial charge on any atom is -0.352 e. The number of carbonyl (C=O) groups is 2. The molecule has 6 heteroatoms. The second-order valence-electron chi connectivity index (χ2n) is 5.87. The van der Waals surface area contributed by atoms with Gasteiger partial charge in [-0.25, -0.2) is 4.39 Å². The summed E-state index contributed by atoms with van der Waals surface area (Å²) in [5, 5.41) is 5.61. The van der Waals surface area contributed by atoms with Crippen LogP contribution in [0.4, 0.5) is 4.39 Å². The van der Waals surface area contributed by atoms with Crippen molar-refractivity contribution in [3.8, 4) is 0 Å². The van der Waals surface area contributed by atoms with Gasteiger partial charge in [0, 0.05) is 17.9 Å². The molecule has 4 nitrogen and oxygen atoms in total. The zero-order chi connectivity index (χ0) is 18.4. The fourth-order valence-electron chi connectivity index (χ4n) is 2.47. The molecule has 0 bridgehead atoms. The van der Waals surface area contributed by atoms with Crippen molar-refractivity contribution in [3.05, 3.63) is 69.4 Å². The van der Waals surface area contributed by atoms with E-state index in [0.717, 1.165) is 15.6 Å². The largest absolute Gasteiger partial charge is 0.352 e. The van der Waals surface area contributed by atoms with Crippen LogP contribution < -0.4 is 10.6 Å². The molecule has 2 aromatic rings. The van der Waals surface area contributed by atoms with Gasteiger partial charge in [-0.15, -0.1) is 0 Å². The van der Waals surface area contributed by atoms with Crippen molar-refractivity contribution in [1.82, 2.24) is 10.6 Å². The molecule has 1 unspecified atom stereocenters. The molecule has 0 fully saturated rings. The molecule has 132 valence electrons. The molecule has 0 radical (unpaired) electrons. The summed E-state index contributed by atoms with van der Waals surface area (Å²) in [5.74, 6) is -0.658. The number of nitrogens with one attached hydrogen (secondary N) is 2. The first-order valence-corrected chi connectivity index (χ1v) is 8.68. The predicted octanol–water partition coefficient (Wildman–Crippen LogP) is 3.78. The molecule has 0 saturated heterocycles. The van der Waals surface area contributed by atoms with Gasteiger partial charge in [0.15, 0.2) is 0 Å². The molecule has 2 amide bonds. The number of carbonyl (C=O) groups excluding carboxylic acids is 2. The Morgan fingerprint density at radius 1 is 1.16 bits per heavy atom. The highest BCUT2D eigenvalue weighted by atomic mass is 79.9. The Morgan fingerprint density at radius 2 is 1.84 bits per heavy atom. The molecular weight excluding hydrogens is 387 g/mol. The summed E-state index contributed by atoms with van der Waals surface area (Å²) in [7, 11) is 0. The smallest absolute Gasteiger partial charge is 0.222 e. The first kappa shape index (κ1) is 19.1. The van der Waals surface area contributed by atoms with Gasteiger partial charge >= 0.3 is 0 Å². The molecule has 0 saturated carbocycles. The van der Waals surface area contributed by atoms with E-state index in [1.165, 1.54) is 13.0 Å². The van der Waals surface area contributed by atoms with Gasteiger partial charge in [-0.2, -0.15) is 0 Å². The maximum atomic E-state index is 13.3. The van der Waals surface area contributed by atoms with Crippen LogP contribution in [0.2, 0.25) is 0 Å². The molecule has 2 rings (SSSR count). The van der Waals surface area contributed by atoms with Gasteiger partial charge in [0.1, 0.15) is 5.82 Å². The molecule has 2 N–H and O–H groups in total. The summed E-state index contributed by atoms with van der Waals surface area (Å²) in [5.41, 5.74) is 2.22. The Hall–Kier alpha value is -2.21. The van der Waals surface area contributed by atoms with E-state index < -0.39 is 6.04 Å². The minimum atomic E-state index is -0.402. The quantitative estimate of drug-likeness (QED) is 0.766. The summed E-state index contributed by atoms with van der Waals surface area (Å²) in [6.45, 7) is 3.42. The second-order valence-corrected chi connectivity index (χ2v) is 6.78. The van der Waals surface area contributed by atoms with Gasteiger partial charge in [-0.1, -0.05) is 40.2 Å². The van der Waals surface area contributed by atoms with E-state index in [9.17, 15) is 14.0 Å². The lowest BCUT2D eigenvalue weighted by Crippen LogP contribution is -2.32. The average molecular weight is 407 g/mol. The second kappa shape index (κ2) is 8.76. The Labute approximate surface area is 154 Å². The minimum absolute atomic E-state index is 0.126. The highest BCUT2D eigenvalue weighted by molar-refractivity contribution is 9.10. The highest BCUT2D eigenvalue weighted by Gasteiger charge is 2.17. The van der Waals surface area contributed by atoms with Gasteiger partial charge in [-0.05, 0) is 41.8 Å². The van der Waals surface area contributed by atoms with Crippen LogP contribution in [0.25, 0.3) is 0 Å². The Bertz CT molecular complexity index is 763. The number of aryl methyl sites for hydroxylation is 1. The van der Waals surface area contributed by atoms with Crippen LogP contribution in [0, 0.1) is 12.7 Å². The molecule has 0 heterocycles. The molecule has 0 spiro atoms. The summed E-state index contributed by atoms with van der Waals surface area (Å²) in [6, 6.07) is 11.8. The van der Waals surface area contributed by atoms with Gasteiger partial charge in [0.2, 0.25) is 11.8 Å². The standard InChI is InChI=1S/C19H20BrFN2O2/c1-12-9-14(3-8-17(12)21)11-22-19(25)10-18(23-13(2)24)15-4-6-16(20)7-5-15/h3-9,18H,10-11H2,1-2H3,(H,22,25)(H,23,24). The van der Waals surface area contributed by atoms with Crippen molar-refractivity contribution >= 4 is 27.7 Å². The van der Waals surface area contributed by atoms with E-state index in [-0.39, 0.29) is 24.1 Å². The third-order valence-corrected chi connectivity index (χ3v) is 4.28. The van der Waals surface area contributed by atoms with Gasteiger partial charge < -0.3 is 10.6 Å². The van der Waals surface area contributed by atoms with Crippen LogP contribution in [0.1, 0.15) is 36.1 Å². The van der Waals surface area contributed by atoms with E-state index in [2.05, 4.69) is 26.6 Å². The highest BCUT2D eigenvalue weighted by Crippen LogP contribution is 2.20. The Morgan fingerprint density at radius 3 is 2.44 bits per heavy atom. The van der Waals surface area contributed by atoms with E-state index in [0.29, 0.717) is 12.1 Å². The van der Waals surface area contributed by atoms with Crippen molar-refractivity contribution < 1.29 is 14.0 Å². The van der Waals surface area contributed by atoms with Gasteiger partial charge in [0.25, 0.3) is 0 Å². The molecule has 0 aliphatic rings. The van der Waals surface area contributed by atoms with E-state index in [1.807, 2.05) is 24.3 Å². The molecule has 25 heavy (non-hydrogen) atoms. The summed E-state index contributed by atoms with van der Waals surface area (Å²) < 4.78 is 14.2. The lowest BCUT2D eigenvalue weighted by atomic mass is 10.0. The van der Waals surface area contributed by atoms with Crippen LogP contribution in [-0.4, -0.2) is 11.8 Å². The van der Waals surface area contributed by atoms with Crippen molar-refractivity contribution in [3.63, 3.8) is 0 Å². The summed E-state index contributed by atoms with van der Waals surface area (Å²) >= 11 is 3.36. The number of halogens is 2. The zero-order valence-electron chi connectivity index (χ0n) is 14.1. The van der Waals surface area contributed by atoms with Crippen molar-refractivity contribution in [2.75, 3.05) is 0 Å². The lowest BCUT2D eigenvalue weighted by molar-refractivity contribution is -0.122. The fourth-order valence-corrected chi connectivity index (χ4v) is 2.73. The van der Waals surface area contributed by atoms with Gasteiger partial charge in [0.05, 0.1) is 12.5 Å². The number of hydrogen-bond acceptors (Lipinski definition) is 2. The number of amides is 2. The number of hydrogen-bond donors (Lipinski definition) is 2. The van der Waals surface area contributed by atoms with Crippen molar-refractivity contribution in [2.45, 2.75) is 32.9 Å². The van der Waals surface area contributed by atoms with E-state index in [4.69, 9.17) is 0 Å². The molecule has 0 aliphatic carbocycles. The van der Waals surface area contributed by atoms with Gasteiger partial charge in [-0.3, -0.25) is 9.59 Å². The Kier molecular flexibility index (Phi) is 6.70. The van der Waals surface area contributed by atoms with Crippen LogP contribution >= 0.6 is 15.9 Å². The normalized spacial score (nSPS) is 11.7. The Balaban J connectivity index is 1.99. The lowest BCUT2D eigenvalue weighted by Gasteiger charge is -2.18. The van der Waals surface area contributed by atoms with E-state index in [1.54, 1.807) is 19.1 Å². The third-order valence-electron chi connectivity index (χ3n) is 3.75.